The summed E-state index contributed by atoms with van der Waals surface area (Å²) in [5.74, 6) is 0.915. The van der Waals surface area contributed by atoms with Crippen LogP contribution in [0.3, 0.4) is 0 Å². The predicted molar refractivity (Wildman–Crippen MR) is 82.3 cm³/mol. The number of rotatable bonds is 4. The fourth-order valence-electron chi connectivity index (χ4n) is 2.41. The minimum absolute atomic E-state index is 0.617. The number of piperazine rings is 1. The molecule has 20 heavy (non-hydrogen) atoms. The highest BCUT2D eigenvalue weighted by Crippen LogP contribution is 2.17. The van der Waals surface area contributed by atoms with E-state index in [9.17, 15) is 0 Å². The second kappa shape index (κ2) is 6.44. The highest BCUT2D eigenvalue weighted by Gasteiger charge is 2.09. The van der Waals surface area contributed by atoms with Crippen molar-refractivity contribution >= 4 is 5.69 Å². The van der Waals surface area contributed by atoms with Gasteiger partial charge in [0.05, 0.1) is 0 Å². The molecule has 0 amide bonds. The van der Waals surface area contributed by atoms with Gasteiger partial charge < -0.3 is 15.0 Å². The topological polar surface area (TPSA) is 24.5 Å². The van der Waals surface area contributed by atoms with E-state index in [-0.39, 0.29) is 0 Å². The lowest BCUT2D eigenvalue weighted by Crippen LogP contribution is -2.43. The van der Waals surface area contributed by atoms with Crippen LogP contribution in [0.1, 0.15) is 5.56 Å². The zero-order chi connectivity index (χ0) is 13.6. The minimum Gasteiger partial charge on any atom is -0.489 e. The van der Waals surface area contributed by atoms with Gasteiger partial charge in [0.1, 0.15) is 12.4 Å². The molecule has 1 aliphatic rings. The standard InChI is InChI=1S/C17H20N2O/c1-2-4-17(5-3-1)20-14-15-6-8-16(9-7-15)19-12-10-18-11-13-19/h1-9,18H,10-14H2. The van der Waals surface area contributed by atoms with Crippen LogP contribution in [0.4, 0.5) is 5.69 Å². The summed E-state index contributed by atoms with van der Waals surface area (Å²) in [6.07, 6.45) is 0. The van der Waals surface area contributed by atoms with Crippen molar-refractivity contribution < 1.29 is 4.74 Å². The molecule has 0 aliphatic carbocycles. The van der Waals surface area contributed by atoms with Gasteiger partial charge in [0, 0.05) is 31.9 Å². The number of benzene rings is 2. The Labute approximate surface area is 120 Å². The molecular weight excluding hydrogens is 248 g/mol. The van der Waals surface area contributed by atoms with E-state index in [2.05, 4.69) is 34.5 Å². The molecule has 0 aromatic heterocycles. The second-order valence-electron chi connectivity index (χ2n) is 5.01. The van der Waals surface area contributed by atoms with Crippen LogP contribution >= 0.6 is 0 Å². The molecular formula is C17H20N2O. The Morgan fingerprint density at radius 2 is 1.60 bits per heavy atom. The van der Waals surface area contributed by atoms with Crippen LogP contribution in [0.15, 0.2) is 54.6 Å². The van der Waals surface area contributed by atoms with E-state index >= 15 is 0 Å². The Morgan fingerprint density at radius 1 is 0.900 bits per heavy atom. The lowest BCUT2D eigenvalue weighted by molar-refractivity contribution is 0.306. The quantitative estimate of drug-likeness (QED) is 0.922. The van der Waals surface area contributed by atoms with E-state index in [1.165, 1.54) is 11.3 Å². The molecule has 0 spiro atoms. The number of nitrogens with zero attached hydrogens (tertiary/aromatic N) is 1. The lowest BCUT2D eigenvalue weighted by atomic mass is 10.2. The summed E-state index contributed by atoms with van der Waals surface area (Å²) in [5.41, 5.74) is 2.50. The average Bonchev–Trinajstić information content (AvgIpc) is 2.55. The van der Waals surface area contributed by atoms with Crippen LogP contribution in [0.25, 0.3) is 0 Å². The molecule has 104 valence electrons. The molecule has 1 fully saturated rings. The summed E-state index contributed by atoms with van der Waals surface area (Å²) in [6.45, 7) is 4.92. The van der Waals surface area contributed by atoms with E-state index in [1.807, 2.05) is 30.3 Å². The number of para-hydroxylation sites is 1. The number of hydrogen-bond donors (Lipinski definition) is 1. The molecule has 0 atom stereocenters. The smallest absolute Gasteiger partial charge is 0.119 e. The minimum atomic E-state index is 0.617. The second-order valence-corrected chi connectivity index (χ2v) is 5.01. The maximum Gasteiger partial charge on any atom is 0.119 e. The molecule has 3 rings (SSSR count). The first-order valence-electron chi connectivity index (χ1n) is 7.14. The summed E-state index contributed by atoms with van der Waals surface area (Å²) in [7, 11) is 0. The molecule has 3 heteroatoms. The number of hydrogen-bond acceptors (Lipinski definition) is 3. The Hall–Kier alpha value is -2.00. The van der Waals surface area contributed by atoms with Gasteiger partial charge in [-0.05, 0) is 29.8 Å². The van der Waals surface area contributed by atoms with Crippen LogP contribution < -0.4 is 15.0 Å². The van der Waals surface area contributed by atoms with Crippen LogP contribution in [-0.2, 0) is 6.61 Å². The molecule has 1 aliphatic heterocycles. The van der Waals surface area contributed by atoms with Crippen molar-refractivity contribution in [3.05, 3.63) is 60.2 Å². The SMILES string of the molecule is c1ccc(OCc2ccc(N3CCNCC3)cc2)cc1. The van der Waals surface area contributed by atoms with Gasteiger partial charge >= 0.3 is 0 Å². The van der Waals surface area contributed by atoms with Gasteiger partial charge in [-0.1, -0.05) is 30.3 Å². The van der Waals surface area contributed by atoms with Gasteiger partial charge in [0.2, 0.25) is 0 Å². The summed E-state index contributed by atoms with van der Waals surface area (Å²) in [6, 6.07) is 18.6. The Balaban J connectivity index is 1.58. The highest BCUT2D eigenvalue weighted by atomic mass is 16.5. The van der Waals surface area contributed by atoms with E-state index in [4.69, 9.17) is 4.74 Å². The van der Waals surface area contributed by atoms with Crippen molar-refractivity contribution in [3.8, 4) is 5.75 Å². The number of nitrogens with one attached hydrogen (secondary N) is 1. The van der Waals surface area contributed by atoms with Crippen LogP contribution in [-0.4, -0.2) is 26.2 Å². The third-order valence-electron chi connectivity index (χ3n) is 3.57. The maximum absolute atomic E-state index is 5.75. The van der Waals surface area contributed by atoms with Crippen molar-refractivity contribution in [1.29, 1.82) is 0 Å². The average molecular weight is 268 g/mol. The number of ether oxygens (including phenoxy) is 1. The summed E-state index contributed by atoms with van der Waals surface area (Å²) < 4.78 is 5.75. The highest BCUT2D eigenvalue weighted by molar-refractivity contribution is 5.48. The Kier molecular flexibility index (Phi) is 4.19. The third kappa shape index (κ3) is 3.31. The molecule has 1 saturated heterocycles. The molecule has 0 radical (unpaired) electrons. The van der Waals surface area contributed by atoms with Crippen LogP contribution in [0.5, 0.6) is 5.75 Å². The number of anilines is 1. The van der Waals surface area contributed by atoms with E-state index in [0.29, 0.717) is 6.61 Å². The van der Waals surface area contributed by atoms with Crippen molar-refractivity contribution in [2.24, 2.45) is 0 Å². The monoisotopic (exact) mass is 268 g/mol. The molecule has 1 N–H and O–H groups in total. The summed E-state index contributed by atoms with van der Waals surface area (Å²) >= 11 is 0. The first-order valence-corrected chi connectivity index (χ1v) is 7.14. The largest absolute Gasteiger partial charge is 0.489 e. The molecule has 0 unspecified atom stereocenters. The van der Waals surface area contributed by atoms with Gasteiger partial charge in [-0.15, -0.1) is 0 Å². The predicted octanol–water partition coefficient (Wildman–Crippen LogP) is 2.68. The molecule has 2 aromatic carbocycles. The van der Waals surface area contributed by atoms with Gasteiger partial charge in [-0.3, -0.25) is 0 Å². The van der Waals surface area contributed by atoms with E-state index < -0.39 is 0 Å². The first kappa shape index (κ1) is 13.0. The van der Waals surface area contributed by atoms with Gasteiger partial charge in [-0.2, -0.15) is 0 Å². The molecule has 2 aromatic rings. The van der Waals surface area contributed by atoms with Crippen molar-refractivity contribution in [2.45, 2.75) is 6.61 Å². The van der Waals surface area contributed by atoms with Gasteiger partial charge in [0.25, 0.3) is 0 Å². The molecule has 0 saturated carbocycles. The van der Waals surface area contributed by atoms with Gasteiger partial charge in [0.15, 0.2) is 0 Å². The summed E-state index contributed by atoms with van der Waals surface area (Å²) in [5, 5.41) is 3.37. The van der Waals surface area contributed by atoms with Crippen molar-refractivity contribution in [1.82, 2.24) is 5.32 Å². The van der Waals surface area contributed by atoms with Gasteiger partial charge in [-0.25, -0.2) is 0 Å². The van der Waals surface area contributed by atoms with Crippen molar-refractivity contribution in [3.63, 3.8) is 0 Å². The first-order chi connectivity index (χ1) is 9.92. The maximum atomic E-state index is 5.75. The molecule has 3 nitrogen and oxygen atoms in total. The molecule has 0 bridgehead atoms. The normalized spacial score (nSPS) is 15.1. The van der Waals surface area contributed by atoms with Crippen LogP contribution in [0, 0.1) is 0 Å². The van der Waals surface area contributed by atoms with Crippen LogP contribution in [0.2, 0.25) is 0 Å². The Morgan fingerprint density at radius 3 is 2.30 bits per heavy atom. The van der Waals surface area contributed by atoms with E-state index in [0.717, 1.165) is 31.9 Å². The fraction of sp³-hybridized carbons (Fsp3) is 0.294. The molecule has 1 heterocycles. The third-order valence-corrected chi connectivity index (χ3v) is 3.57. The fourth-order valence-corrected chi connectivity index (χ4v) is 2.41. The van der Waals surface area contributed by atoms with Crippen molar-refractivity contribution in [2.75, 3.05) is 31.1 Å². The summed E-state index contributed by atoms with van der Waals surface area (Å²) in [4.78, 5) is 2.42. The lowest BCUT2D eigenvalue weighted by Gasteiger charge is -2.29. The Bertz CT molecular complexity index is 518. The van der Waals surface area contributed by atoms with E-state index in [1.54, 1.807) is 0 Å². The zero-order valence-electron chi connectivity index (χ0n) is 11.6. The zero-order valence-corrected chi connectivity index (χ0v) is 11.6.